The standard InChI is InChI=1S/C18H24O2/c1-12(2)15-9-10-18(3,4)17(20)16(15)11-13-5-7-14(19)8-6-13/h5-8,11-12,15,19H,9-10H2,1-4H3/b16-11+. The third-order valence-corrected chi connectivity index (χ3v) is 4.38. The van der Waals surface area contributed by atoms with Crippen LogP contribution in [0, 0.1) is 17.3 Å². The minimum Gasteiger partial charge on any atom is -0.508 e. The van der Waals surface area contributed by atoms with E-state index in [1.807, 2.05) is 32.1 Å². The summed E-state index contributed by atoms with van der Waals surface area (Å²) in [7, 11) is 0. The van der Waals surface area contributed by atoms with Crippen LogP contribution in [0.25, 0.3) is 6.08 Å². The van der Waals surface area contributed by atoms with Crippen molar-refractivity contribution in [1.29, 1.82) is 0 Å². The van der Waals surface area contributed by atoms with Crippen molar-refractivity contribution < 1.29 is 9.90 Å². The van der Waals surface area contributed by atoms with Gasteiger partial charge in [-0.1, -0.05) is 39.8 Å². The molecule has 108 valence electrons. The minimum atomic E-state index is -0.256. The van der Waals surface area contributed by atoms with Crippen LogP contribution in [-0.4, -0.2) is 10.9 Å². The summed E-state index contributed by atoms with van der Waals surface area (Å²) in [5, 5.41) is 9.35. The summed E-state index contributed by atoms with van der Waals surface area (Å²) in [5.74, 6) is 1.33. The number of hydrogen-bond acceptors (Lipinski definition) is 2. The van der Waals surface area contributed by atoms with Crippen LogP contribution >= 0.6 is 0 Å². The van der Waals surface area contributed by atoms with Gasteiger partial charge >= 0.3 is 0 Å². The van der Waals surface area contributed by atoms with Crippen molar-refractivity contribution in [2.75, 3.05) is 0 Å². The fourth-order valence-corrected chi connectivity index (χ4v) is 2.96. The predicted octanol–water partition coefficient (Wildman–Crippen LogP) is 4.44. The van der Waals surface area contributed by atoms with Crippen LogP contribution in [0.2, 0.25) is 0 Å². The van der Waals surface area contributed by atoms with Crippen molar-refractivity contribution in [3.8, 4) is 5.75 Å². The van der Waals surface area contributed by atoms with Gasteiger partial charge in [-0.25, -0.2) is 0 Å². The van der Waals surface area contributed by atoms with Gasteiger partial charge < -0.3 is 5.11 Å². The Morgan fingerprint density at radius 3 is 2.40 bits per heavy atom. The van der Waals surface area contributed by atoms with Crippen molar-refractivity contribution in [3.63, 3.8) is 0 Å². The van der Waals surface area contributed by atoms with E-state index in [-0.39, 0.29) is 16.9 Å². The maximum absolute atomic E-state index is 12.7. The number of carbonyl (C=O) groups is 1. The Labute approximate surface area is 121 Å². The van der Waals surface area contributed by atoms with E-state index in [0.717, 1.165) is 24.0 Å². The first-order valence-electron chi connectivity index (χ1n) is 7.36. The Bertz CT molecular complexity index is 521. The number of rotatable bonds is 2. The molecule has 0 saturated heterocycles. The van der Waals surface area contributed by atoms with Crippen LogP contribution in [0.3, 0.4) is 0 Å². The zero-order valence-electron chi connectivity index (χ0n) is 12.8. The Kier molecular flexibility index (Phi) is 4.03. The summed E-state index contributed by atoms with van der Waals surface area (Å²) in [5.41, 5.74) is 1.67. The first-order chi connectivity index (χ1) is 9.31. The molecular formula is C18H24O2. The van der Waals surface area contributed by atoms with E-state index in [0.29, 0.717) is 11.8 Å². The Morgan fingerprint density at radius 2 is 1.85 bits per heavy atom. The zero-order valence-corrected chi connectivity index (χ0v) is 12.8. The molecule has 0 radical (unpaired) electrons. The lowest BCUT2D eigenvalue weighted by Gasteiger charge is -2.37. The Hall–Kier alpha value is -1.57. The molecule has 0 heterocycles. The average Bonchev–Trinajstić information content (AvgIpc) is 2.37. The molecule has 1 aliphatic carbocycles. The molecular weight excluding hydrogens is 248 g/mol. The highest BCUT2D eigenvalue weighted by Gasteiger charge is 2.39. The third kappa shape index (κ3) is 2.95. The number of carbonyl (C=O) groups excluding carboxylic acids is 1. The number of aromatic hydroxyl groups is 1. The maximum atomic E-state index is 12.7. The van der Waals surface area contributed by atoms with E-state index in [9.17, 15) is 9.90 Å². The van der Waals surface area contributed by atoms with Gasteiger partial charge in [0.05, 0.1) is 0 Å². The highest BCUT2D eigenvalue weighted by atomic mass is 16.3. The Morgan fingerprint density at radius 1 is 1.25 bits per heavy atom. The number of Topliss-reactive ketones (excluding diaryl/α,β-unsaturated/α-hetero) is 1. The molecule has 2 rings (SSSR count). The van der Waals surface area contributed by atoms with E-state index < -0.39 is 0 Å². The largest absolute Gasteiger partial charge is 0.508 e. The molecule has 1 N–H and O–H groups in total. The van der Waals surface area contributed by atoms with Crippen LogP contribution in [0.5, 0.6) is 5.75 Å². The molecule has 0 spiro atoms. The van der Waals surface area contributed by atoms with E-state index >= 15 is 0 Å². The molecule has 2 nitrogen and oxygen atoms in total. The maximum Gasteiger partial charge on any atom is 0.164 e. The number of ketones is 1. The fraction of sp³-hybridized carbons (Fsp3) is 0.500. The number of allylic oxidation sites excluding steroid dienone is 1. The molecule has 1 aromatic carbocycles. The molecule has 1 aliphatic rings. The van der Waals surface area contributed by atoms with Gasteiger partial charge in [-0.2, -0.15) is 0 Å². The molecule has 1 unspecified atom stereocenters. The number of hydrogen-bond donors (Lipinski definition) is 1. The molecule has 0 aromatic heterocycles. The normalized spacial score (nSPS) is 24.4. The van der Waals surface area contributed by atoms with Gasteiger partial charge in [-0.05, 0) is 54.0 Å². The van der Waals surface area contributed by atoms with Crippen molar-refractivity contribution in [3.05, 3.63) is 35.4 Å². The first kappa shape index (κ1) is 14.8. The third-order valence-electron chi connectivity index (χ3n) is 4.38. The van der Waals surface area contributed by atoms with Gasteiger partial charge in [0.1, 0.15) is 5.75 Å². The van der Waals surface area contributed by atoms with Crippen LogP contribution in [-0.2, 0) is 4.79 Å². The second-order valence-electron chi connectivity index (χ2n) is 6.79. The van der Waals surface area contributed by atoms with Crippen molar-refractivity contribution >= 4 is 11.9 Å². The minimum absolute atomic E-state index is 0.253. The Balaban J connectivity index is 2.41. The molecule has 0 amide bonds. The van der Waals surface area contributed by atoms with Gasteiger partial charge in [0.25, 0.3) is 0 Å². The number of phenols is 1. The van der Waals surface area contributed by atoms with Crippen molar-refractivity contribution in [2.24, 2.45) is 17.3 Å². The predicted molar refractivity (Wildman–Crippen MR) is 82.4 cm³/mol. The van der Waals surface area contributed by atoms with Gasteiger partial charge in [0, 0.05) is 5.41 Å². The van der Waals surface area contributed by atoms with Gasteiger partial charge in [0.2, 0.25) is 0 Å². The summed E-state index contributed by atoms with van der Waals surface area (Å²) >= 11 is 0. The van der Waals surface area contributed by atoms with Crippen LogP contribution in [0.1, 0.15) is 46.1 Å². The molecule has 1 atom stereocenters. The molecule has 0 aliphatic heterocycles. The topological polar surface area (TPSA) is 37.3 Å². The van der Waals surface area contributed by atoms with Crippen molar-refractivity contribution in [1.82, 2.24) is 0 Å². The zero-order chi connectivity index (χ0) is 14.9. The summed E-state index contributed by atoms with van der Waals surface area (Å²) in [4.78, 5) is 12.7. The quantitative estimate of drug-likeness (QED) is 0.808. The monoisotopic (exact) mass is 272 g/mol. The van der Waals surface area contributed by atoms with E-state index in [4.69, 9.17) is 0 Å². The first-order valence-corrected chi connectivity index (χ1v) is 7.36. The van der Waals surface area contributed by atoms with Crippen molar-refractivity contribution in [2.45, 2.75) is 40.5 Å². The summed E-state index contributed by atoms with van der Waals surface area (Å²) in [6.07, 6.45) is 4.04. The second-order valence-corrected chi connectivity index (χ2v) is 6.79. The van der Waals surface area contributed by atoms with Crippen LogP contribution < -0.4 is 0 Å². The molecule has 1 fully saturated rings. The van der Waals surface area contributed by atoms with Gasteiger partial charge in [-0.3, -0.25) is 4.79 Å². The number of phenolic OH excluding ortho intramolecular Hbond substituents is 1. The van der Waals surface area contributed by atoms with E-state index in [2.05, 4.69) is 13.8 Å². The molecule has 2 heteroatoms. The molecule has 0 bridgehead atoms. The van der Waals surface area contributed by atoms with E-state index in [1.165, 1.54) is 0 Å². The lowest BCUT2D eigenvalue weighted by molar-refractivity contribution is -0.126. The molecule has 20 heavy (non-hydrogen) atoms. The summed E-state index contributed by atoms with van der Waals surface area (Å²) in [6.45, 7) is 8.44. The fourth-order valence-electron chi connectivity index (χ4n) is 2.96. The number of benzene rings is 1. The summed E-state index contributed by atoms with van der Waals surface area (Å²) < 4.78 is 0. The lowest BCUT2D eigenvalue weighted by Crippen LogP contribution is -2.36. The van der Waals surface area contributed by atoms with Crippen LogP contribution in [0.15, 0.2) is 29.8 Å². The highest BCUT2D eigenvalue weighted by Crippen LogP contribution is 2.42. The molecule has 1 aromatic rings. The SMILES string of the molecule is CC(C)C1CCC(C)(C)C(=O)/C1=C/c1ccc(O)cc1. The summed E-state index contributed by atoms with van der Waals surface area (Å²) in [6, 6.07) is 7.04. The lowest BCUT2D eigenvalue weighted by atomic mass is 9.66. The molecule has 1 saturated carbocycles. The van der Waals surface area contributed by atoms with Gasteiger partial charge in [-0.15, -0.1) is 0 Å². The van der Waals surface area contributed by atoms with Crippen LogP contribution in [0.4, 0.5) is 0 Å². The average molecular weight is 272 g/mol. The second kappa shape index (κ2) is 5.43. The van der Waals surface area contributed by atoms with E-state index in [1.54, 1.807) is 12.1 Å². The van der Waals surface area contributed by atoms with Gasteiger partial charge in [0.15, 0.2) is 5.78 Å². The highest BCUT2D eigenvalue weighted by molar-refractivity contribution is 6.04. The smallest absolute Gasteiger partial charge is 0.164 e.